The summed E-state index contributed by atoms with van der Waals surface area (Å²) in [5.41, 5.74) is 0.486. The smallest absolute Gasteiger partial charge is 0.328 e. The van der Waals surface area contributed by atoms with Crippen molar-refractivity contribution in [3.8, 4) is 0 Å². The van der Waals surface area contributed by atoms with Crippen molar-refractivity contribution < 1.29 is 18.3 Å². The highest BCUT2D eigenvalue weighted by Gasteiger charge is 2.19. The average Bonchev–Trinajstić information content (AvgIpc) is 2.55. The number of carbonyl (C=O) groups is 1. The topological polar surface area (TPSA) is 95.8 Å². The van der Waals surface area contributed by atoms with Crippen LogP contribution in [-0.2, 0) is 14.8 Å². The molecule has 0 unspecified atom stereocenters. The van der Waals surface area contributed by atoms with Gasteiger partial charge in [-0.15, -0.1) is 0 Å². The maximum atomic E-state index is 12.4. The summed E-state index contributed by atoms with van der Waals surface area (Å²) in [6.07, 6.45) is 0. The van der Waals surface area contributed by atoms with E-state index in [0.717, 1.165) is 0 Å². The Morgan fingerprint density at radius 3 is 2.09 bits per heavy atom. The molecule has 2 aromatic carbocycles. The van der Waals surface area contributed by atoms with Gasteiger partial charge >= 0.3 is 5.97 Å². The Morgan fingerprint density at radius 1 is 1.04 bits per heavy atom. The highest BCUT2D eigenvalue weighted by atomic mass is 32.2. The number of hydrogen-bond donors (Lipinski definition) is 2. The predicted octanol–water partition coefficient (Wildman–Crippen LogP) is 1.88. The first-order valence-electron chi connectivity index (χ1n) is 6.84. The summed E-state index contributed by atoms with van der Waals surface area (Å²) in [5, 5.41) is 9.01. The molecule has 0 heterocycles. The molecule has 120 valence electrons. The largest absolute Gasteiger partial charge is 0.480 e. The monoisotopic (exact) mass is 332 g/mol. The van der Waals surface area contributed by atoms with Gasteiger partial charge in [-0.25, -0.2) is 13.2 Å². The van der Waals surface area contributed by atoms with Crippen molar-refractivity contribution >= 4 is 21.8 Å². The zero-order valence-corrected chi connectivity index (χ0v) is 13.2. The highest BCUT2D eigenvalue weighted by molar-refractivity contribution is 7.90. The zero-order chi connectivity index (χ0) is 16.9. The summed E-state index contributed by atoms with van der Waals surface area (Å²) in [4.78, 5) is 15.1. The van der Waals surface area contributed by atoms with E-state index in [1.165, 1.54) is 19.1 Å². The second kappa shape index (κ2) is 7.06. The Bertz CT molecular complexity index is 802. The van der Waals surface area contributed by atoms with E-state index in [1.807, 2.05) is 0 Å². The van der Waals surface area contributed by atoms with Crippen molar-refractivity contribution in [2.75, 3.05) is 0 Å². The van der Waals surface area contributed by atoms with Crippen LogP contribution in [0.15, 0.2) is 70.6 Å². The maximum Gasteiger partial charge on any atom is 0.328 e. The minimum absolute atomic E-state index is 0.00986. The minimum atomic E-state index is -3.85. The molecule has 0 saturated heterocycles. The molecular weight excluding hydrogens is 316 g/mol. The van der Waals surface area contributed by atoms with Crippen molar-refractivity contribution in [2.45, 2.75) is 17.9 Å². The van der Waals surface area contributed by atoms with E-state index in [9.17, 15) is 13.2 Å². The van der Waals surface area contributed by atoms with Crippen molar-refractivity contribution in [3.63, 3.8) is 0 Å². The van der Waals surface area contributed by atoms with Crippen molar-refractivity contribution in [1.29, 1.82) is 0 Å². The van der Waals surface area contributed by atoms with Gasteiger partial charge in [0.1, 0.15) is 11.9 Å². The predicted molar refractivity (Wildman–Crippen MR) is 86.8 cm³/mol. The molecule has 2 N–H and O–H groups in total. The van der Waals surface area contributed by atoms with E-state index < -0.39 is 22.0 Å². The number of rotatable bonds is 5. The van der Waals surface area contributed by atoms with Gasteiger partial charge in [0, 0.05) is 5.56 Å². The molecule has 0 aliphatic heterocycles. The lowest BCUT2D eigenvalue weighted by Gasteiger charge is -2.12. The van der Waals surface area contributed by atoms with Crippen molar-refractivity contribution in [1.82, 2.24) is 4.72 Å². The van der Waals surface area contributed by atoms with Gasteiger partial charge in [-0.1, -0.05) is 48.5 Å². The summed E-state index contributed by atoms with van der Waals surface area (Å²) in [6, 6.07) is 15.2. The van der Waals surface area contributed by atoms with Crippen LogP contribution >= 0.6 is 0 Å². The molecule has 23 heavy (non-hydrogen) atoms. The van der Waals surface area contributed by atoms with E-state index in [4.69, 9.17) is 5.11 Å². The Kier molecular flexibility index (Phi) is 5.13. The van der Waals surface area contributed by atoms with Crippen LogP contribution in [0.1, 0.15) is 12.5 Å². The maximum absolute atomic E-state index is 12.4. The van der Waals surface area contributed by atoms with Gasteiger partial charge in [-0.3, -0.25) is 9.71 Å². The Morgan fingerprint density at radius 2 is 1.57 bits per heavy atom. The first-order chi connectivity index (χ1) is 10.9. The third kappa shape index (κ3) is 4.40. The van der Waals surface area contributed by atoms with E-state index in [-0.39, 0.29) is 10.7 Å². The van der Waals surface area contributed by atoms with Crippen LogP contribution in [0.2, 0.25) is 0 Å². The molecule has 0 amide bonds. The number of aliphatic carboxylic acids is 1. The number of carboxylic acid groups (broad SMARTS) is 1. The molecule has 0 saturated carbocycles. The zero-order valence-electron chi connectivity index (χ0n) is 12.4. The highest BCUT2D eigenvalue weighted by Crippen LogP contribution is 2.10. The molecule has 2 aromatic rings. The van der Waals surface area contributed by atoms with Crippen molar-refractivity contribution in [3.05, 3.63) is 66.2 Å². The van der Waals surface area contributed by atoms with Gasteiger partial charge in [0.25, 0.3) is 10.0 Å². The van der Waals surface area contributed by atoms with Crippen LogP contribution in [0.25, 0.3) is 0 Å². The quantitative estimate of drug-likeness (QED) is 0.645. The number of nitrogens with zero attached hydrogens (tertiary/aromatic N) is 1. The molecule has 2 rings (SSSR count). The first-order valence-corrected chi connectivity index (χ1v) is 8.32. The fourth-order valence-corrected chi connectivity index (χ4v) is 2.85. The Balaban J connectivity index is 2.41. The molecule has 0 radical (unpaired) electrons. The van der Waals surface area contributed by atoms with Gasteiger partial charge in [0.2, 0.25) is 0 Å². The van der Waals surface area contributed by atoms with Crippen LogP contribution in [0, 0.1) is 0 Å². The second-order valence-electron chi connectivity index (χ2n) is 4.78. The van der Waals surface area contributed by atoms with E-state index in [0.29, 0.717) is 5.56 Å². The molecule has 0 aromatic heterocycles. The fourth-order valence-electron chi connectivity index (χ4n) is 1.79. The molecule has 0 aliphatic carbocycles. The average molecular weight is 332 g/mol. The van der Waals surface area contributed by atoms with Gasteiger partial charge in [0.15, 0.2) is 0 Å². The number of carboxylic acids is 1. The molecule has 0 bridgehead atoms. The first kappa shape index (κ1) is 16.7. The number of nitrogens with one attached hydrogen (secondary N) is 1. The van der Waals surface area contributed by atoms with Crippen LogP contribution in [0.3, 0.4) is 0 Å². The number of aliphatic imine (C=N–C) groups is 1. The Hall–Kier alpha value is -2.67. The third-order valence-electron chi connectivity index (χ3n) is 3.01. The third-order valence-corrected chi connectivity index (χ3v) is 4.37. The molecule has 0 spiro atoms. The number of sulfonamides is 1. The van der Waals surface area contributed by atoms with Crippen LogP contribution in [-0.4, -0.2) is 31.4 Å². The summed E-state index contributed by atoms with van der Waals surface area (Å²) in [5.74, 6) is -1.15. The second-order valence-corrected chi connectivity index (χ2v) is 6.46. The molecular formula is C16H16N2O4S. The fraction of sp³-hybridized carbons (Fsp3) is 0.125. The van der Waals surface area contributed by atoms with E-state index >= 15 is 0 Å². The summed E-state index contributed by atoms with van der Waals surface area (Å²) in [7, 11) is -3.85. The van der Waals surface area contributed by atoms with Crippen molar-refractivity contribution in [2.24, 2.45) is 4.99 Å². The SMILES string of the molecule is C[C@@H](N=C(NS(=O)(=O)c1ccccc1)c1ccccc1)C(=O)O. The number of hydrogen-bond acceptors (Lipinski definition) is 4. The van der Waals surface area contributed by atoms with Crippen LogP contribution < -0.4 is 4.72 Å². The molecule has 1 atom stereocenters. The number of amidine groups is 1. The van der Waals surface area contributed by atoms with Crippen LogP contribution in [0.5, 0.6) is 0 Å². The van der Waals surface area contributed by atoms with E-state index in [1.54, 1.807) is 48.5 Å². The molecule has 7 heteroatoms. The molecule has 6 nitrogen and oxygen atoms in total. The lowest BCUT2D eigenvalue weighted by atomic mass is 10.2. The molecule has 0 aliphatic rings. The summed E-state index contributed by atoms with van der Waals surface area (Å²) >= 11 is 0. The van der Waals surface area contributed by atoms with Gasteiger partial charge in [-0.2, -0.15) is 0 Å². The Labute approximate surface area is 134 Å². The van der Waals surface area contributed by atoms with Gasteiger partial charge < -0.3 is 5.11 Å². The summed E-state index contributed by atoms with van der Waals surface area (Å²) in [6.45, 7) is 1.38. The normalized spacial score (nSPS) is 13.3. The molecule has 0 fully saturated rings. The van der Waals surface area contributed by atoms with Gasteiger partial charge in [0.05, 0.1) is 4.90 Å². The lowest BCUT2D eigenvalue weighted by Crippen LogP contribution is -2.33. The standard InChI is InChI=1S/C16H16N2O4S/c1-12(16(19)20)17-15(13-8-4-2-5-9-13)18-23(21,22)14-10-6-3-7-11-14/h2-12H,1H3,(H,17,18)(H,19,20)/t12-/m1/s1. The lowest BCUT2D eigenvalue weighted by molar-refractivity contribution is -0.137. The number of benzene rings is 2. The summed E-state index contributed by atoms with van der Waals surface area (Å²) < 4.78 is 27.2. The van der Waals surface area contributed by atoms with Gasteiger partial charge in [-0.05, 0) is 19.1 Å². The van der Waals surface area contributed by atoms with Crippen LogP contribution in [0.4, 0.5) is 0 Å². The van der Waals surface area contributed by atoms with E-state index in [2.05, 4.69) is 9.71 Å². The minimum Gasteiger partial charge on any atom is -0.480 e.